The molecule has 7 heteroatoms. The highest BCUT2D eigenvalue weighted by Gasteiger charge is 2.46. The standard InChI is InChI=1S/C12H14F3N3O/c13-12(14,15)8-3-1-2-4-9(8)18-11(19)10-7-16-5-6-17-10/h5-9H,1-4H2,(H,18,19)/t8-,9+/m0/s1. The van der Waals surface area contributed by atoms with Crippen LogP contribution in [0.3, 0.4) is 0 Å². The smallest absolute Gasteiger partial charge is 0.347 e. The fraction of sp³-hybridized carbons (Fsp3) is 0.583. The van der Waals surface area contributed by atoms with Crippen molar-refractivity contribution in [2.24, 2.45) is 5.92 Å². The zero-order valence-electron chi connectivity index (χ0n) is 10.2. The molecule has 0 aromatic carbocycles. The molecule has 1 heterocycles. The van der Waals surface area contributed by atoms with Gasteiger partial charge in [0, 0.05) is 18.4 Å². The van der Waals surface area contributed by atoms with Gasteiger partial charge < -0.3 is 5.32 Å². The van der Waals surface area contributed by atoms with Gasteiger partial charge in [0.1, 0.15) is 5.69 Å². The molecule has 0 spiro atoms. The highest BCUT2D eigenvalue weighted by Crippen LogP contribution is 2.37. The Morgan fingerprint density at radius 2 is 2.00 bits per heavy atom. The van der Waals surface area contributed by atoms with Crippen molar-refractivity contribution >= 4 is 5.91 Å². The van der Waals surface area contributed by atoms with Crippen molar-refractivity contribution in [2.45, 2.75) is 37.9 Å². The molecule has 1 N–H and O–H groups in total. The molecule has 0 saturated heterocycles. The van der Waals surface area contributed by atoms with Crippen LogP contribution < -0.4 is 5.32 Å². The number of amides is 1. The maximum atomic E-state index is 12.9. The second kappa shape index (κ2) is 5.54. The number of rotatable bonds is 2. The van der Waals surface area contributed by atoms with E-state index in [-0.39, 0.29) is 12.1 Å². The van der Waals surface area contributed by atoms with Gasteiger partial charge in [-0.2, -0.15) is 13.2 Å². The average molecular weight is 273 g/mol. The van der Waals surface area contributed by atoms with Crippen molar-refractivity contribution < 1.29 is 18.0 Å². The van der Waals surface area contributed by atoms with E-state index in [4.69, 9.17) is 0 Å². The van der Waals surface area contributed by atoms with E-state index >= 15 is 0 Å². The summed E-state index contributed by atoms with van der Waals surface area (Å²) in [5.74, 6) is -2.07. The van der Waals surface area contributed by atoms with Crippen LogP contribution in [0.1, 0.15) is 36.2 Å². The van der Waals surface area contributed by atoms with Crippen molar-refractivity contribution in [3.05, 3.63) is 24.3 Å². The molecule has 0 radical (unpaired) electrons. The van der Waals surface area contributed by atoms with Crippen molar-refractivity contribution in [2.75, 3.05) is 0 Å². The fourth-order valence-corrected chi connectivity index (χ4v) is 2.35. The van der Waals surface area contributed by atoms with Crippen LogP contribution in [0.4, 0.5) is 13.2 Å². The first kappa shape index (κ1) is 13.8. The molecule has 2 atom stereocenters. The Balaban J connectivity index is 2.06. The number of nitrogens with zero attached hydrogens (tertiary/aromatic N) is 2. The van der Waals surface area contributed by atoms with Crippen LogP contribution in [0.15, 0.2) is 18.6 Å². The van der Waals surface area contributed by atoms with Gasteiger partial charge in [-0.1, -0.05) is 12.8 Å². The second-order valence-electron chi connectivity index (χ2n) is 4.60. The van der Waals surface area contributed by atoms with Crippen molar-refractivity contribution in [1.29, 1.82) is 0 Å². The van der Waals surface area contributed by atoms with Gasteiger partial charge in [0.15, 0.2) is 0 Å². The largest absolute Gasteiger partial charge is 0.393 e. The van der Waals surface area contributed by atoms with Gasteiger partial charge in [0.05, 0.1) is 12.1 Å². The SMILES string of the molecule is O=C(N[C@@H]1CCCC[C@@H]1C(F)(F)F)c1cnccn1. The number of hydrogen-bond acceptors (Lipinski definition) is 3. The van der Waals surface area contributed by atoms with E-state index in [1.807, 2.05) is 0 Å². The van der Waals surface area contributed by atoms with Crippen molar-refractivity contribution in [1.82, 2.24) is 15.3 Å². The fourth-order valence-electron chi connectivity index (χ4n) is 2.35. The van der Waals surface area contributed by atoms with Gasteiger partial charge in [0.25, 0.3) is 5.91 Å². The van der Waals surface area contributed by atoms with E-state index in [0.717, 1.165) is 0 Å². The van der Waals surface area contributed by atoms with Crippen molar-refractivity contribution in [3.63, 3.8) is 0 Å². The molecule has 1 aliphatic carbocycles. The molecule has 1 aromatic heterocycles. The zero-order chi connectivity index (χ0) is 13.9. The lowest BCUT2D eigenvalue weighted by Gasteiger charge is -2.33. The van der Waals surface area contributed by atoms with Gasteiger partial charge in [-0.3, -0.25) is 9.78 Å². The molecule has 19 heavy (non-hydrogen) atoms. The summed E-state index contributed by atoms with van der Waals surface area (Å²) in [5.41, 5.74) is 0.0361. The minimum absolute atomic E-state index is 0.0361. The monoisotopic (exact) mass is 273 g/mol. The molecule has 1 fully saturated rings. The van der Waals surface area contributed by atoms with E-state index in [1.54, 1.807) is 0 Å². The molecular formula is C12H14F3N3O. The molecule has 1 aliphatic rings. The molecule has 0 aliphatic heterocycles. The summed E-state index contributed by atoms with van der Waals surface area (Å²) in [4.78, 5) is 19.3. The highest BCUT2D eigenvalue weighted by molar-refractivity contribution is 5.92. The zero-order valence-corrected chi connectivity index (χ0v) is 10.2. The number of carbonyl (C=O) groups is 1. The summed E-state index contributed by atoms with van der Waals surface area (Å²) in [5, 5.41) is 2.43. The van der Waals surface area contributed by atoms with Crippen LogP contribution >= 0.6 is 0 Å². The van der Waals surface area contributed by atoms with Crippen molar-refractivity contribution in [3.8, 4) is 0 Å². The first-order valence-electron chi connectivity index (χ1n) is 6.12. The van der Waals surface area contributed by atoms with Gasteiger partial charge in [0.2, 0.25) is 0 Å². The quantitative estimate of drug-likeness (QED) is 0.899. The van der Waals surface area contributed by atoms with Crippen LogP contribution in [0.2, 0.25) is 0 Å². The predicted molar refractivity (Wildman–Crippen MR) is 61.3 cm³/mol. The van der Waals surface area contributed by atoms with Crippen LogP contribution in [0.5, 0.6) is 0 Å². The number of halogens is 3. The summed E-state index contributed by atoms with van der Waals surface area (Å²) >= 11 is 0. The highest BCUT2D eigenvalue weighted by atomic mass is 19.4. The average Bonchev–Trinajstić information content (AvgIpc) is 2.39. The summed E-state index contributed by atoms with van der Waals surface area (Å²) in [7, 11) is 0. The molecular weight excluding hydrogens is 259 g/mol. The Morgan fingerprint density at radius 1 is 1.26 bits per heavy atom. The number of hydrogen-bond donors (Lipinski definition) is 1. The third kappa shape index (κ3) is 3.42. The van der Waals surface area contributed by atoms with E-state index in [9.17, 15) is 18.0 Å². The maximum Gasteiger partial charge on any atom is 0.393 e. The van der Waals surface area contributed by atoms with Gasteiger partial charge in [-0.25, -0.2) is 4.98 Å². The van der Waals surface area contributed by atoms with E-state index in [1.165, 1.54) is 18.6 Å². The Morgan fingerprint density at radius 3 is 2.63 bits per heavy atom. The molecule has 1 saturated carbocycles. The van der Waals surface area contributed by atoms with Gasteiger partial charge >= 0.3 is 6.18 Å². The Hall–Kier alpha value is -1.66. The first-order valence-corrected chi connectivity index (χ1v) is 6.12. The second-order valence-corrected chi connectivity index (χ2v) is 4.60. The topological polar surface area (TPSA) is 54.9 Å². The summed E-state index contributed by atoms with van der Waals surface area (Å²) in [6.07, 6.45) is 1.33. The summed E-state index contributed by atoms with van der Waals surface area (Å²) in [6.45, 7) is 0. The first-order chi connectivity index (χ1) is 8.98. The van der Waals surface area contributed by atoms with E-state index in [0.29, 0.717) is 19.3 Å². The molecule has 104 valence electrons. The minimum Gasteiger partial charge on any atom is -0.347 e. The summed E-state index contributed by atoms with van der Waals surface area (Å²) < 4.78 is 38.6. The Bertz CT molecular complexity index is 436. The lowest BCUT2D eigenvalue weighted by atomic mass is 9.84. The third-order valence-electron chi connectivity index (χ3n) is 3.30. The van der Waals surface area contributed by atoms with Crippen LogP contribution in [0.25, 0.3) is 0 Å². The van der Waals surface area contributed by atoms with E-state index < -0.39 is 24.0 Å². The summed E-state index contributed by atoms with van der Waals surface area (Å²) in [6, 6.07) is -0.872. The lowest BCUT2D eigenvalue weighted by molar-refractivity contribution is -0.187. The minimum atomic E-state index is -4.28. The molecule has 0 bridgehead atoms. The molecule has 2 rings (SSSR count). The molecule has 1 aromatic rings. The van der Waals surface area contributed by atoms with Crippen LogP contribution in [-0.2, 0) is 0 Å². The van der Waals surface area contributed by atoms with E-state index in [2.05, 4.69) is 15.3 Å². The van der Waals surface area contributed by atoms with Crippen LogP contribution in [-0.4, -0.2) is 28.1 Å². The number of aromatic nitrogens is 2. The van der Waals surface area contributed by atoms with Crippen LogP contribution in [0, 0.1) is 5.92 Å². The van der Waals surface area contributed by atoms with Gasteiger partial charge in [-0.15, -0.1) is 0 Å². The number of carbonyl (C=O) groups excluding carboxylic acids is 1. The molecule has 1 amide bonds. The number of alkyl halides is 3. The molecule has 0 unspecified atom stereocenters. The molecule has 4 nitrogen and oxygen atoms in total. The normalized spacial score (nSPS) is 23.9. The maximum absolute atomic E-state index is 12.9. The Labute approximate surface area is 108 Å². The predicted octanol–water partition coefficient (Wildman–Crippen LogP) is 2.33. The number of nitrogens with one attached hydrogen (secondary N) is 1. The Kier molecular flexibility index (Phi) is 4.01. The van der Waals surface area contributed by atoms with Gasteiger partial charge in [-0.05, 0) is 12.8 Å². The lowest BCUT2D eigenvalue weighted by Crippen LogP contribution is -2.47. The third-order valence-corrected chi connectivity index (χ3v) is 3.30.